The summed E-state index contributed by atoms with van der Waals surface area (Å²) in [5.41, 5.74) is 5.25. The van der Waals surface area contributed by atoms with E-state index >= 15 is 0 Å². The van der Waals surface area contributed by atoms with Crippen LogP contribution in [0.5, 0.6) is 0 Å². The van der Waals surface area contributed by atoms with Crippen LogP contribution in [0.3, 0.4) is 0 Å². The van der Waals surface area contributed by atoms with Gasteiger partial charge in [0, 0.05) is 18.1 Å². The van der Waals surface area contributed by atoms with Gasteiger partial charge in [-0.25, -0.2) is 4.79 Å². The third kappa shape index (κ3) is 4.51. The monoisotopic (exact) mass is 216 g/mol. The van der Waals surface area contributed by atoms with Crippen molar-refractivity contribution >= 4 is 6.09 Å². The van der Waals surface area contributed by atoms with E-state index in [1.807, 2.05) is 20.8 Å². The first kappa shape index (κ1) is 14.2. The van der Waals surface area contributed by atoms with Gasteiger partial charge in [0.25, 0.3) is 0 Å². The lowest BCUT2D eigenvalue weighted by atomic mass is 9.97. The Morgan fingerprint density at radius 1 is 1.40 bits per heavy atom. The van der Waals surface area contributed by atoms with Crippen LogP contribution < -0.4 is 5.73 Å². The minimum absolute atomic E-state index is 0.0949. The van der Waals surface area contributed by atoms with E-state index in [0.717, 1.165) is 6.42 Å². The predicted molar refractivity (Wildman–Crippen MR) is 61.9 cm³/mol. The summed E-state index contributed by atoms with van der Waals surface area (Å²) in [4.78, 5) is 12.7. The molecule has 0 aliphatic carbocycles. The molecule has 0 radical (unpaired) electrons. The number of carbonyl (C=O) groups is 1. The summed E-state index contributed by atoms with van der Waals surface area (Å²) in [5, 5.41) is 9.19. The standard InChI is InChI=1S/C11H24N2O2/c1-8(2)6-9(7-12)13(10(14)15)11(3,4)5/h8-9H,6-7,12H2,1-5H3,(H,14,15)/t9-/m0/s1. The van der Waals surface area contributed by atoms with Gasteiger partial charge in [-0.1, -0.05) is 13.8 Å². The molecule has 0 spiro atoms. The highest BCUT2D eigenvalue weighted by Gasteiger charge is 2.32. The maximum Gasteiger partial charge on any atom is 0.408 e. The summed E-state index contributed by atoms with van der Waals surface area (Å²) in [5.74, 6) is 0.447. The van der Waals surface area contributed by atoms with Crippen molar-refractivity contribution in [1.29, 1.82) is 0 Å². The lowest BCUT2D eigenvalue weighted by molar-refractivity contribution is 0.0656. The molecule has 0 aliphatic heterocycles. The normalized spacial score (nSPS) is 14.1. The first-order valence-electron chi connectivity index (χ1n) is 5.42. The van der Waals surface area contributed by atoms with Crippen LogP contribution in [0.25, 0.3) is 0 Å². The highest BCUT2D eigenvalue weighted by molar-refractivity contribution is 5.66. The Kier molecular flexibility index (Phi) is 5.08. The van der Waals surface area contributed by atoms with Crippen LogP contribution in [0, 0.1) is 5.92 Å². The first-order chi connectivity index (χ1) is 6.70. The van der Waals surface area contributed by atoms with Crippen molar-refractivity contribution in [2.45, 2.75) is 52.6 Å². The number of nitrogens with two attached hydrogens (primary N) is 1. The van der Waals surface area contributed by atoms with E-state index in [2.05, 4.69) is 13.8 Å². The molecule has 0 aromatic rings. The number of amides is 1. The van der Waals surface area contributed by atoms with Crippen LogP contribution in [-0.2, 0) is 0 Å². The summed E-state index contributed by atoms with van der Waals surface area (Å²) < 4.78 is 0. The summed E-state index contributed by atoms with van der Waals surface area (Å²) in [6.45, 7) is 10.2. The highest BCUT2D eigenvalue weighted by atomic mass is 16.4. The highest BCUT2D eigenvalue weighted by Crippen LogP contribution is 2.21. The van der Waals surface area contributed by atoms with Crippen molar-refractivity contribution in [1.82, 2.24) is 4.90 Å². The average molecular weight is 216 g/mol. The fourth-order valence-corrected chi connectivity index (χ4v) is 1.84. The Morgan fingerprint density at radius 3 is 2.07 bits per heavy atom. The fraction of sp³-hybridized carbons (Fsp3) is 0.909. The van der Waals surface area contributed by atoms with E-state index in [9.17, 15) is 9.90 Å². The lowest BCUT2D eigenvalue weighted by Crippen LogP contribution is -2.54. The van der Waals surface area contributed by atoms with Crippen LogP contribution >= 0.6 is 0 Å². The molecule has 4 heteroatoms. The van der Waals surface area contributed by atoms with Gasteiger partial charge in [-0.15, -0.1) is 0 Å². The number of rotatable bonds is 4. The van der Waals surface area contributed by atoms with Crippen molar-refractivity contribution in [3.05, 3.63) is 0 Å². The van der Waals surface area contributed by atoms with Crippen LogP contribution in [-0.4, -0.2) is 34.2 Å². The van der Waals surface area contributed by atoms with Crippen molar-refractivity contribution in [2.24, 2.45) is 11.7 Å². The Hall–Kier alpha value is -0.770. The van der Waals surface area contributed by atoms with Crippen molar-refractivity contribution < 1.29 is 9.90 Å². The van der Waals surface area contributed by atoms with Gasteiger partial charge in [-0.05, 0) is 33.1 Å². The van der Waals surface area contributed by atoms with Crippen molar-refractivity contribution in [3.63, 3.8) is 0 Å². The Bertz CT molecular complexity index is 209. The molecule has 0 heterocycles. The third-order valence-electron chi connectivity index (χ3n) is 2.31. The number of carboxylic acid groups (broad SMARTS) is 1. The van der Waals surface area contributed by atoms with Crippen molar-refractivity contribution in [3.8, 4) is 0 Å². The average Bonchev–Trinajstić information content (AvgIpc) is 1.98. The van der Waals surface area contributed by atoms with E-state index < -0.39 is 11.6 Å². The molecule has 1 atom stereocenters. The SMILES string of the molecule is CC(C)C[C@@H](CN)N(C(=O)O)C(C)(C)C. The molecule has 0 bridgehead atoms. The van der Waals surface area contributed by atoms with Crippen LogP contribution in [0.1, 0.15) is 41.0 Å². The molecule has 1 amide bonds. The molecule has 3 N–H and O–H groups in total. The Morgan fingerprint density at radius 2 is 1.87 bits per heavy atom. The second kappa shape index (κ2) is 5.35. The van der Waals surface area contributed by atoms with Gasteiger partial charge < -0.3 is 10.8 Å². The maximum atomic E-state index is 11.2. The quantitative estimate of drug-likeness (QED) is 0.756. The van der Waals surface area contributed by atoms with Gasteiger partial charge in [0.2, 0.25) is 0 Å². The molecular formula is C11H24N2O2. The largest absolute Gasteiger partial charge is 0.465 e. The molecule has 0 rings (SSSR count). The van der Waals surface area contributed by atoms with Crippen molar-refractivity contribution in [2.75, 3.05) is 6.54 Å². The van der Waals surface area contributed by atoms with E-state index in [4.69, 9.17) is 5.73 Å². The molecular weight excluding hydrogens is 192 g/mol. The number of hydrogen-bond donors (Lipinski definition) is 2. The van der Waals surface area contributed by atoms with Gasteiger partial charge in [-0.2, -0.15) is 0 Å². The van der Waals surface area contributed by atoms with E-state index in [0.29, 0.717) is 12.5 Å². The molecule has 0 saturated heterocycles. The Balaban J connectivity index is 4.79. The second-order valence-electron chi connectivity index (χ2n) is 5.34. The lowest BCUT2D eigenvalue weighted by Gasteiger charge is -2.39. The molecule has 15 heavy (non-hydrogen) atoms. The van der Waals surface area contributed by atoms with Gasteiger partial charge in [0.05, 0.1) is 0 Å². The van der Waals surface area contributed by atoms with Gasteiger partial charge >= 0.3 is 6.09 Å². The number of hydrogen-bond acceptors (Lipinski definition) is 2. The van der Waals surface area contributed by atoms with Crippen LogP contribution in [0.15, 0.2) is 0 Å². The summed E-state index contributed by atoms with van der Waals surface area (Å²) >= 11 is 0. The molecule has 90 valence electrons. The molecule has 0 fully saturated rings. The minimum Gasteiger partial charge on any atom is -0.465 e. The molecule has 4 nitrogen and oxygen atoms in total. The predicted octanol–water partition coefficient (Wildman–Crippen LogP) is 2.14. The number of nitrogens with zero attached hydrogens (tertiary/aromatic N) is 1. The summed E-state index contributed by atoms with van der Waals surface area (Å²) in [6.07, 6.45) is -0.0846. The smallest absolute Gasteiger partial charge is 0.408 e. The van der Waals surface area contributed by atoms with Gasteiger partial charge in [0.1, 0.15) is 0 Å². The molecule has 0 unspecified atom stereocenters. The van der Waals surface area contributed by atoms with E-state index in [-0.39, 0.29) is 6.04 Å². The zero-order chi connectivity index (χ0) is 12.2. The summed E-state index contributed by atoms with van der Waals surface area (Å²) in [7, 11) is 0. The molecule has 0 saturated carbocycles. The van der Waals surface area contributed by atoms with Crippen LogP contribution in [0.2, 0.25) is 0 Å². The zero-order valence-electron chi connectivity index (χ0n) is 10.4. The molecule has 0 aliphatic rings. The van der Waals surface area contributed by atoms with Gasteiger partial charge in [-0.3, -0.25) is 4.90 Å². The van der Waals surface area contributed by atoms with Crippen LogP contribution in [0.4, 0.5) is 4.79 Å². The van der Waals surface area contributed by atoms with E-state index in [1.165, 1.54) is 4.90 Å². The Labute approximate surface area is 92.4 Å². The van der Waals surface area contributed by atoms with E-state index in [1.54, 1.807) is 0 Å². The molecule has 0 aromatic heterocycles. The first-order valence-corrected chi connectivity index (χ1v) is 5.42. The third-order valence-corrected chi connectivity index (χ3v) is 2.31. The topological polar surface area (TPSA) is 66.6 Å². The summed E-state index contributed by atoms with van der Waals surface area (Å²) in [6, 6.07) is -0.0949. The zero-order valence-corrected chi connectivity index (χ0v) is 10.4. The fourth-order valence-electron chi connectivity index (χ4n) is 1.84. The van der Waals surface area contributed by atoms with Gasteiger partial charge in [0.15, 0.2) is 0 Å². The minimum atomic E-state index is -0.890. The maximum absolute atomic E-state index is 11.2. The molecule has 0 aromatic carbocycles. The second-order valence-corrected chi connectivity index (χ2v) is 5.34.